The molecule has 0 bridgehead atoms. The van der Waals surface area contributed by atoms with E-state index in [4.69, 9.17) is 0 Å². The maximum atomic E-state index is 10.1. The van der Waals surface area contributed by atoms with Crippen LogP contribution in [0.1, 0.15) is 0 Å². The van der Waals surface area contributed by atoms with Gasteiger partial charge in [-0.2, -0.15) is 0 Å². The number of carbonyl (C=O) groups is 2. The largest absolute Gasteiger partial charge is 0.314 e. The van der Waals surface area contributed by atoms with Crippen molar-refractivity contribution in [3.05, 3.63) is 0 Å². The molecule has 2 atom stereocenters. The Labute approximate surface area is 93.0 Å². The van der Waals surface area contributed by atoms with Crippen LogP contribution in [0.2, 0.25) is 0 Å². The molecule has 0 amide bonds. The van der Waals surface area contributed by atoms with Crippen molar-refractivity contribution in [1.29, 1.82) is 0 Å². The van der Waals surface area contributed by atoms with Gasteiger partial charge in [-0.1, -0.05) is 45.2 Å². The maximum absolute atomic E-state index is 10.1. The third kappa shape index (κ3) is 7.13. The van der Waals surface area contributed by atoms with Gasteiger partial charge in [0.1, 0.15) is 12.6 Å². The molecule has 0 fully saturated rings. The summed E-state index contributed by atoms with van der Waals surface area (Å²) in [6.07, 6.45) is 1.77. The molecule has 0 radical (unpaired) electrons. The molecule has 2 unspecified atom stereocenters. The second-order valence-corrected chi connectivity index (χ2v) is 5.16. The second kappa shape index (κ2) is 7.41. The van der Waals surface area contributed by atoms with Gasteiger partial charge in [-0.05, 0) is 0 Å². The summed E-state index contributed by atoms with van der Waals surface area (Å²) in [7, 11) is 0. The van der Waals surface area contributed by atoms with Crippen molar-refractivity contribution >= 4 is 57.8 Å². The lowest BCUT2D eigenvalue weighted by Gasteiger charge is -2.05. The lowest BCUT2D eigenvalue weighted by Crippen LogP contribution is -2.29. The topological polar surface area (TPSA) is 46.2 Å². The Kier molecular flexibility index (Phi) is 7.92. The number of carbonyl (C=O) groups excluding carboxylic acids is 2. The van der Waals surface area contributed by atoms with Gasteiger partial charge in [0.15, 0.2) is 0 Å². The smallest absolute Gasteiger partial charge is 0.134 e. The van der Waals surface area contributed by atoms with Gasteiger partial charge in [-0.15, -0.1) is 0 Å². The summed E-state index contributed by atoms with van der Waals surface area (Å²) in [4.78, 5) is 20.3. The fraction of sp³-hybridized carbons (Fsp3) is 0.667. The molecule has 5 heteroatoms. The molecule has 0 saturated carbocycles. The standard InChI is InChI=1S/C6H9I2NO2/c7-5(3-10)1-9-2-6(8)4-11/h3-6,9H,1-2H2. The fourth-order valence-corrected chi connectivity index (χ4v) is 1.08. The van der Waals surface area contributed by atoms with E-state index in [9.17, 15) is 9.59 Å². The van der Waals surface area contributed by atoms with Gasteiger partial charge in [-0.25, -0.2) is 0 Å². The van der Waals surface area contributed by atoms with Crippen LogP contribution < -0.4 is 5.32 Å². The van der Waals surface area contributed by atoms with Crippen molar-refractivity contribution in [3.8, 4) is 0 Å². The Morgan fingerprint density at radius 2 is 1.45 bits per heavy atom. The minimum Gasteiger partial charge on any atom is -0.314 e. The van der Waals surface area contributed by atoms with Crippen LogP contribution in [0.3, 0.4) is 0 Å². The Morgan fingerprint density at radius 3 is 1.73 bits per heavy atom. The van der Waals surface area contributed by atoms with Gasteiger partial charge in [0.25, 0.3) is 0 Å². The summed E-state index contributed by atoms with van der Waals surface area (Å²) in [6, 6.07) is 0. The van der Waals surface area contributed by atoms with Crippen molar-refractivity contribution < 1.29 is 9.59 Å². The molecule has 3 nitrogen and oxygen atoms in total. The van der Waals surface area contributed by atoms with Gasteiger partial charge >= 0.3 is 0 Å². The van der Waals surface area contributed by atoms with E-state index in [1.807, 2.05) is 45.2 Å². The van der Waals surface area contributed by atoms with E-state index in [0.717, 1.165) is 12.6 Å². The van der Waals surface area contributed by atoms with E-state index < -0.39 is 0 Å². The molecule has 0 spiro atoms. The van der Waals surface area contributed by atoms with Gasteiger partial charge in [0, 0.05) is 13.1 Å². The van der Waals surface area contributed by atoms with Crippen molar-refractivity contribution in [1.82, 2.24) is 5.32 Å². The molecule has 0 heterocycles. The Balaban J connectivity index is 3.26. The molecule has 0 saturated heterocycles. The van der Waals surface area contributed by atoms with Gasteiger partial charge in [0.2, 0.25) is 0 Å². The lowest BCUT2D eigenvalue weighted by atomic mass is 10.4. The summed E-state index contributed by atoms with van der Waals surface area (Å²) in [5.74, 6) is 0. The molecule has 0 aromatic rings. The van der Waals surface area contributed by atoms with Gasteiger partial charge < -0.3 is 14.9 Å². The molecule has 64 valence electrons. The fourth-order valence-electron chi connectivity index (χ4n) is 0.455. The van der Waals surface area contributed by atoms with Crippen LogP contribution in [-0.4, -0.2) is 33.5 Å². The van der Waals surface area contributed by atoms with E-state index in [0.29, 0.717) is 13.1 Å². The first-order valence-corrected chi connectivity index (χ1v) is 5.59. The lowest BCUT2D eigenvalue weighted by molar-refractivity contribution is -0.107. The predicted molar refractivity (Wildman–Crippen MR) is 60.6 cm³/mol. The van der Waals surface area contributed by atoms with E-state index in [-0.39, 0.29) is 7.85 Å². The van der Waals surface area contributed by atoms with Crippen LogP contribution in [0.15, 0.2) is 0 Å². The zero-order chi connectivity index (χ0) is 8.69. The molecule has 0 aromatic carbocycles. The number of alkyl halides is 2. The summed E-state index contributed by atoms with van der Waals surface area (Å²) >= 11 is 4.09. The number of aldehydes is 2. The van der Waals surface area contributed by atoms with Crippen molar-refractivity contribution in [3.63, 3.8) is 0 Å². The number of rotatable bonds is 6. The number of hydrogen-bond acceptors (Lipinski definition) is 3. The van der Waals surface area contributed by atoms with E-state index >= 15 is 0 Å². The average molecular weight is 381 g/mol. The predicted octanol–water partition coefficient (Wildman–Crippen LogP) is 0.581. The summed E-state index contributed by atoms with van der Waals surface area (Å²) in [5.41, 5.74) is 0. The molecule has 0 rings (SSSR count). The highest BCUT2D eigenvalue weighted by molar-refractivity contribution is 14.1. The first-order valence-electron chi connectivity index (χ1n) is 3.10. The van der Waals surface area contributed by atoms with Gasteiger partial charge in [0.05, 0.1) is 7.85 Å². The monoisotopic (exact) mass is 381 g/mol. The molecule has 11 heavy (non-hydrogen) atoms. The van der Waals surface area contributed by atoms with Crippen molar-refractivity contribution in [2.24, 2.45) is 0 Å². The van der Waals surface area contributed by atoms with E-state index in [1.54, 1.807) is 0 Å². The molecule has 1 N–H and O–H groups in total. The molecule has 0 aliphatic rings. The Morgan fingerprint density at radius 1 is 1.09 bits per heavy atom. The first-order chi connectivity index (χ1) is 5.20. The summed E-state index contributed by atoms with van der Waals surface area (Å²) in [6.45, 7) is 1.27. The third-order valence-electron chi connectivity index (χ3n) is 0.974. The SMILES string of the molecule is O=CC(I)CNCC(I)C=O. The molecule has 0 aliphatic carbocycles. The van der Waals surface area contributed by atoms with E-state index in [1.165, 1.54) is 0 Å². The zero-order valence-corrected chi connectivity index (χ0v) is 10.1. The molecule has 0 aliphatic heterocycles. The minimum atomic E-state index is 0.00264. The van der Waals surface area contributed by atoms with E-state index in [2.05, 4.69) is 5.32 Å². The normalized spacial score (nSPS) is 15.5. The van der Waals surface area contributed by atoms with Gasteiger partial charge in [-0.3, -0.25) is 0 Å². The Bertz CT molecular complexity index is 118. The Hall–Kier alpha value is 0.760. The van der Waals surface area contributed by atoms with Crippen LogP contribution in [0.5, 0.6) is 0 Å². The average Bonchev–Trinajstić information content (AvgIpc) is 2.04. The quantitative estimate of drug-likeness (QED) is 0.416. The van der Waals surface area contributed by atoms with Crippen LogP contribution in [-0.2, 0) is 9.59 Å². The highest BCUT2D eigenvalue weighted by atomic mass is 127. The molecular formula is C6H9I2NO2. The van der Waals surface area contributed by atoms with Crippen LogP contribution in [0.25, 0.3) is 0 Å². The van der Waals surface area contributed by atoms with Crippen molar-refractivity contribution in [2.75, 3.05) is 13.1 Å². The molecular weight excluding hydrogens is 372 g/mol. The van der Waals surface area contributed by atoms with Crippen LogP contribution >= 0.6 is 45.2 Å². The van der Waals surface area contributed by atoms with Crippen molar-refractivity contribution in [2.45, 2.75) is 7.85 Å². The maximum Gasteiger partial charge on any atom is 0.134 e. The zero-order valence-electron chi connectivity index (χ0n) is 5.80. The minimum absolute atomic E-state index is 0.00264. The second-order valence-electron chi connectivity index (χ2n) is 1.96. The summed E-state index contributed by atoms with van der Waals surface area (Å²) in [5, 5.41) is 3.01. The third-order valence-corrected chi connectivity index (χ3v) is 2.44. The number of nitrogens with one attached hydrogen (secondary N) is 1. The first kappa shape index (κ1) is 11.8. The highest BCUT2D eigenvalue weighted by Gasteiger charge is 2.03. The summed E-state index contributed by atoms with van der Waals surface area (Å²) < 4.78 is 0.00528. The highest BCUT2D eigenvalue weighted by Crippen LogP contribution is 1.96. The number of halogens is 2. The van der Waals surface area contributed by atoms with Crippen LogP contribution in [0, 0.1) is 0 Å². The van der Waals surface area contributed by atoms with Crippen LogP contribution in [0.4, 0.5) is 0 Å². The number of hydrogen-bond donors (Lipinski definition) is 1. The molecule has 0 aromatic heterocycles.